The number of benzene rings is 2. The molecule has 2 aromatic carbocycles. The summed E-state index contributed by atoms with van der Waals surface area (Å²) >= 11 is 1.60. The SMILES string of the molecule is COc1ccc(/C=C2/SC3CCC(C(=O)NCc4ccc5c(c4)OCO5)CC3NC2=O)cc1OC. The molecule has 2 fully saturated rings. The summed E-state index contributed by atoms with van der Waals surface area (Å²) in [7, 11) is 3.18. The molecule has 1 saturated heterocycles. The van der Waals surface area contributed by atoms with Gasteiger partial charge < -0.3 is 29.6 Å². The number of fused-ring (bicyclic) bond motifs is 2. The van der Waals surface area contributed by atoms with Crippen molar-refractivity contribution in [2.24, 2.45) is 5.92 Å². The Balaban J connectivity index is 1.18. The Labute approximate surface area is 208 Å². The van der Waals surface area contributed by atoms with Gasteiger partial charge in [-0.2, -0.15) is 0 Å². The third-order valence-corrected chi connectivity index (χ3v) is 8.01. The number of carbonyl (C=O) groups is 2. The molecule has 35 heavy (non-hydrogen) atoms. The van der Waals surface area contributed by atoms with E-state index in [1.54, 1.807) is 26.0 Å². The van der Waals surface area contributed by atoms with E-state index in [0.29, 0.717) is 35.1 Å². The van der Waals surface area contributed by atoms with Crippen LogP contribution >= 0.6 is 11.8 Å². The summed E-state index contributed by atoms with van der Waals surface area (Å²) < 4.78 is 21.4. The topological polar surface area (TPSA) is 95.1 Å². The van der Waals surface area contributed by atoms with Crippen molar-refractivity contribution in [3.8, 4) is 23.0 Å². The molecule has 3 unspecified atom stereocenters. The van der Waals surface area contributed by atoms with Crippen molar-refractivity contribution < 1.29 is 28.5 Å². The first-order chi connectivity index (χ1) is 17.0. The van der Waals surface area contributed by atoms with Crippen LogP contribution < -0.4 is 29.6 Å². The molecule has 1 saturated carbocycles. The molecule has 3 aliphatic rings. The lowest BCUT2D eigenvalue weighted by Crippen LogP contribution is -2.51. The fourth-order valence-corrected chi connectivity index (χ4v) is 6.00. The van der Waals surface area contributed by atoms with Gasteiger partial charge >= 0.3 is 0 Å². The normalized spacial score (nSPS) is 23.9. The Kier molecular flexibility index (Phi) is 6.77. The van der Waals surface area contributed by atoms with E-state index < -0.39 is 0 Å². The maximum atomic E-state index is 12.9. The Bertz CT molecular complexity index is 1170. The van der Waals surface area contributed by atoms with E-state index in [-0.39, 0.29) is 35.8 Å². The summed E-state index contributed by atoms with van der Waals surface area (Å²) in [5.74, 6) is 2.49. The molecule has 2 N–H and O–H groups in total. The summed E-state index contributed by atoms with van der Waals surface area (Å²) in [6, 6.07) is 11.2. The fourth-order valence-electron chi connectivity index (χ4n) is 4.71. The average Bonchev–Trinajstić information content (AvgIpc) is 3.35. The lowest BCUT2D eigenvalue weighted by Gasteiger charge is -2.39. The van der Waals surface area contributed by atoms with Gasteiger partial charge in [0.25, 0.3) is 5.91 Å². The molecular weight excluding hydrogens is 468 g/mol. The van der Waals surface area contributed by atoms with E-state index >= 15 is 0 Å². The van der Waals surface area contributed by atoms with E-state index in [0.717, 1.165) is 29.7 Å². The largest absolute Gasteiger partial charge is 0.493 e. The second kappa shape index (κ2) is 10.1. The lowest BCUT2D eigenvalue weighted by molar-refractivity contribution is -0.127. The Morgan fingerprint density at radius 1 is 1.11 bits per heavy atom. The maximum absolute atomic E-state index is 12.9. The van der Waals surface area contributed by atoms with E-state index in [9.17, 15) is 9.59 Å². The number of carbonyl (C=O) groups excluding carboxylic acids is 2. The van der Waals surface area contributed by atoms with Gasteiger partial charge in [-0.25, -0.2) is 0 Å². The van der Waals surface area contributed by atoms with Crippen LogP contribution in [0.2, 0.25) is 0 Å². The highest BCUT2D eigenvalue weighted by Gasteiger charge is 2.39. The van der Waals surface area contributed by atoms with Crippen molar-refractivity contribution in [3.05, 3.63) is 52.4 Å². The Hall–Kier alpha value is -3.33. The van der Waals surface area contributed by atoms with E-state index in [1.807, 2.05) is 42.5 Å². The Morgan fingerprint density at radius 2 is 1.94 bits per heavy atom. The van der Waals surface area contributed by atoms with Crippen LogP contribution in [0.4, 0.5) is 0 Å². The van der Waals surface area contributed by atoms with Crippen LogP contribution in [-0.4, -0.2) is 44.1 Å². The first kappa shape index (κ1) is 23.4. The highest BCUT2D eigenvalue weighted by molar-refractivity contribution is 8.04. The van der Waals surface area contributed by atoms with Gasteiger partial charge in [-0.15, -0.1) is 11.8 Å². The van der Waals surface area contributed by atoms with Crippen LogP contribution in [0.5, 0.6) is 23.0 Å². The Morgan fingerprint density at radius 3 is 2.77 bits per heavy atom. The van der Waals surface area contributed by atoms with Crippen LogP contribution in [0.3, 0.4) is 0 Å². The average molecular weight is 497 g/mol. The molecule has 1 aliphatic carbocycles. The van der Waals surface area contributed by atoms with Crippen LogP contribution in [-0.2, 0) is 16.1 Å². The second-order valence-corrected chi connectivity index (χ2v) is 10.1. The predicted molar refractivity (Wildman–Crippen MR) is 133 cm³/mol. The number of thioether (sulfide) groups is 1. The molecule has 2 aliphatic heterocycles. The summed E-state index contributed by atoms with van der Waals surface area (Å²) in [6.07, 6.45) is 4.17. The van der Waals surface area contributed by atoms with E-state index in [4.69, 9.17) is 18.9 Å². The highest BCUT2D eigenvalue weighted by Crippen LogP contribution is 2.40. The van der Waals surface area contributed by atoms with Gasteiger partial charge in [-0.1, -0.05) is 12.1 Å². The number of rotatable bonds is 6. The van der Waals surface area contributed by atoms with Gasteiger partial charge in [0.2, 0.25) is 12.7 Å². The second-order valence-electron chi connectivity index (χ2n) is 8.77. The summed E-state index contributed by atoms with van der Waals surface area (Å²) in [6.45, 7) is 0.657. The zero-order valence-corrected chi connectivity index (χ0v) is 20.5. The fraction of sp³-hybridized carbons (Fsp3) is 0.385. The molecule has 3 atom stereocenters. The number of amides is 2. The summed E-state index contributed by atoms with van der Waals surface area (Å²) in [5.41, 5.74) is 1.83. The van der Waals surface area contributed by atoms with E-state index in [2.05, 4.69) is 10.6 Å². The molecule has 0 aromatic heterocycles. The monoisotopic (exact) mass is 496 g/mol. The van der Waals surface area contributed by atoms with Crippen LogP contribution in [0.15, 0.2) is 41.3 Å². The summed E-state index contributed by atoms with van der Waals surface area (Å²) in [4.78, 5) is 26.4. The van der Waals surface area contributed by atoms with Crippen molar-refractivity contribution in [2.45, 2.75) is 37.1 Å². The molecule has 0 spiro atoms. The molecule has 2 aromatic rings. The molecule has 9 heteroatoms. The first-order valence-corrected chi connectivity index (χ1v) is 12.5. The molecule has 0 radical (unpaired) electrons. The van der Waals surface area contributed by atoms with Crippen molar-refractivity contribution in [3.63, 3.8) is 0 Å². The minimum atomic E-state index is -0.123. The zero-order valence-electron chi connectivity index (χ0n) is 19.7. The van der Waals surface area contributed by atoms with Gasteiger partial charge in [0, 0.05) is 23.8 Å². The lowest BCUT2D eigenvalue weighted by atomic mass is 9.84. The highest BCUT2D eigenvalue weighted by atomic mass is 32.2. The maximum Gasteiger partial charge on any atom is 0.257 e. The molecule has 184 valence electrons. The first-order valence-electron chi connectivity index (χ1n) is 11.6. The zero-order chi connectivity index (χ0) is 24.4. The molecule has 8 nitrogen and oxygen atoms in total. The van der Waals surface area contributed by atoms with Crippen LogP contribution in [0.25, 0.3) is 6.08 Å². The number of hydrogen-bond acceptors (Lipinski definition) is 7. The van der Waals surface area contributed by atoms with E-state index in [1.165, 1.54) is 0 Å². The van der Waals surface area contributed by atoms with Gasteiger partial charge in [-0.05, 0) is 60.7 Å². The minimum Gasteiger partial charge on any atom is -0.493 e. The van der Waals surface area contributed by atoms with Crippen molar-refractivity contribution in [2.75, 3.05) is 21.0 Å². The smallest absolute Gasteiger partial charge is 0.257 e. The number of ether oxygens (including phenoxy) is 4. The van der Waals surface area contributed by atoms with Gasteiger partial charge in [0.05, 0.1) is 19.1 Å². The van der Waals surface area contributed by atoms with Crippen molar-refractivity contribution >= 4 is 29.7 Å². The number of nitrogens with one attached hydrogen (secondary N) is 2. The molecule has 2 heterocycles. The molecule has 5 rings (SSSR count). The predicted octanol–water partition coefficient (Wildman–Crippen LogP) is 3.49. The van der Waals surface area contributed by atoms with Crippen molar-refractivity contribution in [1.29, 1.82) is 0 Å². The van der Waals surface area contributed by atoms with Gasteiger partial charge in [0.15, 0.2) is 23.0 Å². The van der Waals surface area contributed by atoms with Gasteiger partial charge in [-0.3, -0.25) is 9.59 Å². The molecule has 0 bridgehead atoms. The molecular formula is C26H28N2O6S. The summed E-state index contributed by atoms with van der Waals surface area (Å²) in [5, 5.41) is 6.42. The quantitative estimate of drug-likeness (QED) is 0.591. The molecule has 2 amide bonds. The number of methoxy groups -OCH3 is 2. The minimum absolute atomic E-state index is 0.0204. The number of hydrogen-bond donors (Lipinski definition) is 2. The van der Waals surface area contributed by atoms with Crippen LogP contribution in [0, 0.1) is 5.92 Å². The van der Waals surface area contributed by atoms with Crippen molar-refractivity contribution in [1.82, 2.24) is 10.6 Å². The van der Waals surface area contributed by atoms with Gasteiger partial charge in [0.1, 0.15) is 0 Å². The van der Waals surface area contributed by atoms with Crippen LogP contribution in [0.1, 0.15) is 30.4 Å². The third kappa shape index (κ3) is 5.05. The standard InChI is InChI=1S/C26H28N2O6S/c1-31-19-6-3-15(9-21(19)32-2)11-24-26(30)28-18-12-17(5-8-23(18)35-24)25(29)27-13-16-4-7-20-22(10-16)34-14-33-20/h3-4,6-7,9-11,17-18,23H,5,8,12-14H2,1-2H3,(H,27,29)(H,28,30)/b24-11+. The third-order valence-electron chi connectivity index (χ3n) is 6.59.